The molecule has 0 aliphatic rings. The first kappa shape index (κ1) is 15.7. The minimum Gasteiger partial charge on any atom is -0.497 e. The second kappa shape index (κ2) is 6.95. The Hall–Kier alpha value is -3.15. The van der Waals surface area contributed by atoms with Crippen molar-refractivity contribution >= 4 is 5.91 Å². The maximum Gasteiger partial charge on any atom is 0.309 e. The molecule has 0 radical (unpaired) electrons. The van der Waals surface area contributed by atoms with E-state index in [9.17, 15) is 4.79 Å². The van der Waals surface area contributed by atoms with Crippen LogP contribution in [0.15, 0.2) is 59.0 Å². The first-order chi connectivity index (χ1) is 11.7. The minimum atomic E-state index is -0.409. The molecule has 6 heteroatoms. The van der Waals surface area contributed by atoms with Gasteiger partial charge in [0.1, 0.15) is 5.75 Å². The number of nitrogens with zero attached hydrogens (tertiary/aromatic N) is 2. The Balaban J connectivity index is 1.74. The van der Waals surface area contributed by atoms with E-state index in [1.54, 1.807) is 13.2 Å². The molecule has 0 saturated carbocycles. The smallest absolute Gasteiger partial charge is 0.309 e. The number of aromatic nitrogens is 2. The number of ether oxygens (including phenoxy) is 1. The molecule has 0 saturated heterocycles. The molecule has 1 N–H and O–H groups in total. The lowest BCUT2D eigenvalue weighted by Gasteiger charge is -2.12. The van der Waals surface area contributed by atoms with Crippen molar-refractivity contribution in [3.63, 3.8) is 0 Å². The Kier molecular flexibility index (Phi) is 4.56. The zero-order valence-corrected chi connectivity index (χ0v) is 13.4. The number of hydrogen-bond acceptors (Lipinski definition) is 5. The van der Waals surface area contributed by atoms with E-state index in [1.165, 1.54) is 0 Å². The summed E-state index contributed by atoms with van der Waals surface area (Å²) in [4.78, 5) is 12.3. The van der Waals surface area contributed by atoms with Gasteiger partial charge in [-0.1, -0.05) is 36.4 Å². The van der Waals surface area contributed by atoms with Gasteiger partial charge in [-0.15, -0.1) is 10.2 Å². The summed E-state index contributed by atoms with van der Waals surface area (Å²) in [6.07, 6.45) is 0. The van der Waals surface area contributed by atoms with Crippen LogP contribution >= 0.6 is 0 Å². The summed E-state index contributed by atoms with van der Waals surface area (Å²) >= 11 is 0. The van der Waals surface area contributed by atoms with Crippen molar-refractivity contribution in [3.05, 3.63) is 66.1 Å². The molecular formula is C18H17N3O3. The van der Waals surface area contributed by atoms with Crippen LogP contribution in [0.1, 0.15) is 29.2 Å². The molecule has 24 heavy (non-hydrogen) atoms. The van der Waals surface area contributed by atoms with E-state index in [-0.39, 0.29) is 17.8 Å². The van der Waals surface area contributed by atoms with Crippen LogP contribution in [0.4, 0.5) is 0 Å². The summed E-state index contributed by atoms with van der Waals surface area (Å²) in [6.45, 7) is 1.90. The van der Waals surface area contributed by atoms with E-state index < -0.39 is 5.91 Å². The van der Waals surface area contributed by atoms with Crippen molar-refractivity contribution in [3.8, 4) is 17.2 Å². The third-order valence-electron chi connectivity index (χ3n) is 3.58. The van der Waals surface area contributed by atoms with Crippen molar-refractivity contribution in [2.24, 2.45) is 0 Å². The maximum absolute atomic E-state index is 12.3. The summed E-state index contributed by atoms with van der Waals surface area (Å²) in [5.41, 5.74) is 1.69. The van der Waals surface area contributed by atoms with Gasteiger partial charge in [0.2, 0.25) is 5.89 Å². The third-order valence-corrected chi connectivity index (χ3v) is 3.58. The lowest BCUT2D eigenvalue weighted by Crippen LogP contribution is -2.26. The lowest BCUT2D eigenvalue weighted by atomic mass is 10.1. The number of hydrogen-bond donors (Lipinski definition) is 1. The van der Waals surface area contributed by atoms with Crippen LogP contribution < -0.4 is 10.1 Å². The normalized spacial score (nSPS) is 11.8. The number of methoxy groups -OCH3 is 1. The summed E-state index contributed by atoms with van der Waals surface area (Å²) in [5.74, 6) is 0.462. The van der Waals surface area contributed by atoms with Crippen LogP contribution in [0.2, 0.25) is 0 Å². The van der Waals surface area contributed by atoms with E-state index in [0.717, 1.165) is 5.56 Å². The number of carbonyl (C=O) groups excluding carboxylic acids is 1. The fourth-order valence-electron chi connectivity index (χ4n) is 2.27. The van der Waals surface area contributed by atoms with Gasteiger partial charge in [0, 0.05) is 5.56 Å². The Labute approximate surface area is 139 Å². The Morgan fingerprint density at radius 3 is 2.67 bits per heavy atom. The monoisotopic (exact) mass is 323 g/mol. The lowest BCUT2D eigenvalue weighted by molar-refractivity contribution is 0.0905. The van der Waals surface area contributed by atoms with Gasteiger partial charge in [0.05, 0.1) is 13.2 Å². The molecule has 1 aromatic heterocycles. The largest absolute Gasteiger partial charge is 0.497 e. The van der Waals surface area contributed by atoms with Crippen molar-refractivity contribution in [1.29, 1.82) is 0 Å². The van der Waals surface area contributed by atoms with Gasteiger partial charge in [-0.3, -0.25) is 4.79 Å². The molecule has 3 aromatic rings. The molecule has 2 aromatic carbocycles. The highest BCUT2D eigenvalue weighted by Crippen LogP contribution is 2.22. The van der Waals surface area contributed by atoms with Gasteiger partial charge in [-0.05, 0) is 30.7 Å². The van der Waals surface area contributed by atoms with Gasteiger partial charge in [0.25, 0.3) is 0 Å². The van der Waals surface area contributed by atoms with Crippen LogP contribution in [0.25, 0.3) is 11.5 Å². The summed E-state index contributed by atoms with van der Waals surface area (Å²) in [7, 11) is 1.58. The molecule has 0 spiro atoms. The van der Waals surface area contributed by atoms with Crippen molar-refractivity contribution < 1.29 is 13.9 Å². The predicted molar refractivity (Wildman–Crippen MR) is 88.6 cm³/mol. The molecule has 0 bridgehead atoms. The summed E-state index contributed by atoms with van der Waals surface area (Å²) < 4.78 is 10.6. The molecule has 6 nitrogen and oxygen atoms in total. The third kappa shape index (κ3) is 3.43. The average molecular weight is 323 g/mol. The molecule has 1 unspecified atom stereocenters. The van der Waals surface area contributed by atoms with E-state index in [1.807, 2.05) is 55.5 Å². The topological polar surface area (TPSA) is 77.2 Å². The quantitative estimate of drug-likeness (QED) is 0.780. The van der Waals surface area contributed by atoms with Crippen molar-refractivity contribution in [2.75, 3.05) is 7.11 Å². The molecule has 0 aliphatic carbocycles. The van der Waals surface area contributed by atoms with Gasteiger partial charge >= 0.3 is 11.8 Å². The zero-order chi connectivity index (χ0) is 16.9. The Morgan fingerprint density at radius 2 is 1.92 bits per heavy atom. The van der Waals surface area contributed by atoms with Gasteiger partial charge in [-0.2, -0.15) is 0 Å². The van der Waals surface area contributed by atoms with Gasteiger partial charge in [0.15, 0.2) is 0 Å². The first-order valence-corrected chi connectivity index (χ1v) is 7.51. The molecule has 1 heterocycles. The molecular weight excluding hydrogens is 306 g/mol. The Bertz CT molecular complexity index is 830. The highest BCUT2D eigenvalue weighted by atomic mass is 16.5. The minimum absolute atomic E-state index is 0.0735. The average Bonchev–Trinajstić information content (AvgIpc) is 3.13. The first-order valence-electron chi connectivity index (χ1n) is 7.51. The molecule has 122 valence electrons. The van der Waals surface area contributed by atoms with Crippen LogP contribution in [-0.4, -0.2) is 23.2 Å². The van der Waals surface area contributed by atoms with E-state index in [0.29, 0.717) is 11.3 Å². The zero-order valence-electron chi connectivity index (χ0n) is 13.4. The van der Waals surface area contributed by atoms with Crippen molar-refractivity contribution in [2.45, 2.75) is 13.0 Å². The maximum atomic E-state index is 12.3. The second-order valence-electron chi connectivity index (χ2n) is 5.25. The molecule has 3 rings (SSSR count). The number of carbonyl (C=O) groups is 1. The SMILES string of the molecule is COc1cccc(-c2nnc(C(=O)NC(C)c3ccccc3)o2)c1. The number of nitrogens with one attached hydrogen (secondary N) is 1. The molecule has 1 amide bonds. The molecule has 1 atom stereocenters. The predicted octanol–water partition coefficient (Wildman–Crippen LogP) is 3.24. The molecule has 0 aliphatic heterocycles. The Morgan fingerprint density at radius 1 is 1.12 bits per heavy atom. The fraction of sp³-hybridized carbons (Fsp3) is 0.167. The second-order valence-corrected chi connectivity index (χ2v) is 5.25. The van der Waals surface area contributed by atoms with Crippen LogP contribution in [-0.2, 0) is 0 Å². The highest BCUT2D eigenvalue weighted by molar-refractivity contribution is 5.90. The number of rotatable bonds is 5. The van der Waals surface area contributed by atoms with Crippen LogP contribution in [0.5, 0.6) is 5.75 Å². The summed E-state index contributed by atoms with van der Waals surface area (Å²) in [6, 6.07) is 16.7. The van der Waals surface area contributed by atoms with Gasteiger partial charge in [-0.25, -0.2) is 0 Å². The van der Waals surface area contributed by atoms with E-state index >= 15 is 0 Å². The highest BCUT2D eigenvalue weighted by Gasteiger charge is 2.18. The molecule has 0 fully saturated rings. The van der Waals surface area contributed by atoms with E-state index in [2.05, 4.69) is 15.5 Å². The van der Waals surface area contributed by atoms with Crippen LogP contribution in [0.3, 0.4) is 0 Å². The van der Waals surface area contributed by atoms with Gasteiger partial charge < -0.3 is 14.5 Å². The number of benzene rings is 2. The number of amides is 1. The fourth-order valence-corrected chi connectivity index (χ4v) is 2.27. The standard InChI is InChI=1S/C18H17N3O3/c1-12(13-7-4-3-5-8-13)19-16(22)18-21-20-17(24-18)14-9-6-10-15(11-14)23-2/h3-12H,1-2H3,(H,19,22). The summed E-state index contributed by atoms with van der Waals surface area (Å²) in [5, 5.41) is 10.6. The van der Waals surface area contributed by atoms with Crippen LogP contribution in [0, 0.1) is 0 Å². The van der Waals surface area contributed by atoms with E-state index in [4.69, 9.17) is 9.15 Å². The van der Waals surface area contributed by atoms with Crippen molar-refractivity contribution in [1.82, 2.24) is 15.5 Å².